The number of hydrogen-bond donors (Lipinski definition) is 3. The number of nitrogens with zero attached hydrogens (tertiary/aromatic N) is 1. The van der Waals surface area contributed by atoms with Gasteiger partial charge in [-0.15, -0.1) is 0 Å². The number of aromatic nitrogens is 1. The van der Waals surface area contributed by atoms with Gasteiger partial charge < -0.3 is 15.7 Å². The Hall–Kier alpha value is -4.01. The molecule has 0 radical (unpaired) electrons. The molecule has 16 heteroatoms. The summed E-state index contributed by atoms with van der Waals surface area (Å²) in [5.41, 5.74) is -1.98. The van der Waals surface area contributed by atoms with Gasteiger partial charge in [0, 0.05) is 17.8 Å². The molecule has 0 aliphatic carbocycles. The average Bonchev–Trinajstić information content (AvgIpc) is 2.86. The first kappa shape index (κ1) is 32.2. The summed E-state index contributed by atoms with van der Waals surface area (Å²) >= 11 is 5.80. The number of alkyl halides is 9. The van der Waals surface area contributed by atoms with Crippen LogP contribution in [0.5, 0.6) is 0 Å². The number of rotatable bonds is 5. The van der Waals surface area contributed by atoms with E-state index < -0.39 is 53.4 Å². The zero-order valence-corrected chi connectivity index (χ0v) is 20.4. The SMILES string of the molecule is O=C(NCc1ccc(Cl)cc1)N[C@@H](c1ccc(C(F)(F)F)cc1)c1ncccc1C(F)(F)F.O=C(O)C(F)(F)F. The summed E-state index contributed by atoms with van der Waals surface area (Å²) in [5.74, 6) is -2.76. The molecule has 3 aromatic rings. The molecule has 216 valence electrons. The molecule has 1 aromatic heterocycles. The zero-order chi connectivity index (χ0) is 30.3. The van der Waals surface area contributed by atoms with E-state index in [0.717, 1.165) is 42.6 Å². The Balaban J connectivity index is 0.000000708. The van der Waals surface area contributed by atoms with Crippen molar-refractivity contribution in [3.8, 4) is 0 Å². The Morgan fingerprint density at radius 1 is 0.850 bits per heavy atom. The molecule has 6 nitrogen and oxygen atoms in total. The number of amides is 2. The number of benzene rings is 2. The number of carbonyl (C=O) groups excluding carboxylic acids is 1. The number of carboxylic acids is 1. The fourth-order valence-corrected chi connectivity index (χ4v) is 3.15. The molecule has 0 aliphatic heterocycles. The van der Waals surface area contributed by atoms with Crippen molar-refractivity contribution in [1.29, 1.82) is 0 Å². The maximum Gasteiger partial charge on any atom is 0.490 e. The molecular weight excluding hydrogens is 585 g/mol. The molecule has 1 heterocycles. The van der Waals surface area contributed by atoms with Gasteiger partial charge in [-0.1, -0.05) is 35.9 Å². The third-order valence-corrected chi connectivity index (χ3v) is 5.12. The minimum absolute atomic E-state index is 0.00570. The quantitative estimate of drug-likeness (QED) is 0.275. The van der Waals surface area contributed by atoms with Crippen molar-refractivity contribution in [2.45, 2.75) is 31.1 Å². The molecule has 2 aromatic carbocycles. The van der Waals surface area contributed by atoms with E-state index in [1.165, 1.54) is 0 Å². The minimum atomic E-state index is -5.08. The Labute approximate surface area is 224 Å². The van der Waals surface area contributed by atoms with Crippen molar-refractivity contribution in [2.75, 3.05) is 0 Å². The molecule has 0 spiro atoms. The number of urea groups is 1. The van der Waals surface area contributed by atoms with Gasteiger partial charge in [-0.3, -0.25) is 4.98 Å². The highest BCUT2D eigenvalue weighted by atomic mass is 35.5. The maximum absolute atomic E-state index is 13.6. The molecule has 3 rings (SSSR count). The molecule has 0 fully saturated rings. The van der Waals surface area contributed by atoms with E-state index in [-0.39, 0.29) is 12.1 Å². The lowest BCUT2D eigenvalue weighted by Gasteiger charge is -2.23. The molecular formula is C24H17ClF9N3O3. The van der Waals surface area contributed by atoms with Gasteiger partial charge in [0.15, 0.2) is 0 Å². The van der Waals surface area contributed by atoms with Crippen LogP contribution in [0.4, 0.5) is 44.3 Å². The van der Waals surface area contributed by atoms with Crippen LogP contribution in [0.25, 0.3) is 0 Å². The van der Waals surface area contributed by atoms with Crippen LogP contribution in [0.3, 0.4) is 0 Å². The van der Waals surface area contributed by atoms with Crippen molar-refractivity contribution in [2.24, 2.45) is 0 Å². The molecule has 0 unspecified atom stereocenters. The summed E-state index contributed by atoms with van der Waals surface area (Å²) in [4.78, 5) is 25.2. The number of carboxylic acid groups (broad SMARTS) is 1. The standard InChI is InChI=1S/C22H16ClF6N3O.C2HF3O2/c23-16-9-3-13(4-10-16)12-31-20(33)32-18(14-5-7-15(8-6-14)21(24,25)26)19-17(22(27,28)29)2-1-11-30-19;3-2(4,5)1(6)7/h1-11,18H,12H2,(H2,31,32,33);(H,6,7)/t18-;/m0./s1. The van der Waals surface area contributed by atoms with Crippen LogP contribution in [0.15, 0.2) is 66.9 Å². The third kappa shape index (κ3) is 9.63. The molecule has 1 atom stereocenters. The summed E-state index contributed by atoms with van der Waals surface area (Å²) in [6.07, 6.45) is -13.4. The predicted molar refractivity (Wildman–Crippen MR) is 123 cm³/mol. The van der Waals surface area contributed by atoms with E-state index in [1.807, 2.05) is 0 Å². The monoisotopic (exact) mass is 601 g/mol. The molecule has 0 saturated heterocycles. The summed E-state index contributed by atoms with van der Waals surface area (Å²) in [6, 6.07) is 9.53. The van der Waals surface area contributed by atoms with Crippen LogP contribution in [0, 0.1) is 0 Å². The van der Waals surface area contributed by atoms with Crippen molar-refractivity contribution >= 4 is 23.6 Å². The summed E-state index contributed by atoms with van der Waals surface area (Å²) in [7, 11) is 0. The van der Waals surface area contributed by atoms with Crippen LogP contribution in [-0.4, -0.2) is 28.3 Å². The molecule has 40 heavy (non-hydrogen) atoms. The largest absolute Gasteiger partial charge is 0.490 e. The highest BCUT2D eigenvalue weighted by Gasteiger charge is 2.38. The Bertz CT molecular complexity index is 1290. The van der Waals surface area contributed by atoms with Gasteiger partial charge in [0.25, 0.3) is 0 Å². The minimum Gasteiger partial charge on any atom is -0.475 e. The molecule has 0 bridgehead atoms. The van der Waals surface area contributed by atoms with E-state index >= 15 is 0 Å². The van der Waals surface area contributed by atoms with E-state index in [1.54, 1.807) is 24.3 Å². The highest BCUT2D eigenvalue weighted by Crippen LogP contribution is 2.36. The van der Waals surface area contributed by atoms with E-state index in [0.29, 0.717) is 10.6 Å². The average molecular weight is 602 g/mol. The second kappa shape index (κ2) is 12.9. The normalized spacial score (nSPS) is 12.6. The number of pyridine rings is 1. The maximum atomic E-state index is 13.6. The summed E-state index contributed by atoms with van der Waals surface area (Å²) < 4.78 is 111. The smallest absolute Gasteiger partial charge is 0.475 e. The summed E-state index contributed by atoms with van der Waals surface area (Å²) in [5, 5.41) is 12.5. The van der Waals surface area contributed by atoms with Crippen LogP contribution in [0.2, 0.25) is 5.02 Å². The molecule has 3 N–H and O–H groups in total. The second-order valence-electron chi connectivity index (χ2n) is 7.74. The lowest BCUT2D eigenvalue weighted by atomic mass is 9.98. The highest BCUT2D eigenvalue weighted by molar-refractivity contribution is 6.30. The van der Waals surface area contributed by atoms with Gasteiger partial charge in [0.2, 0.25) is 0 Å². The molecule has 2 amide bonds. The van der Waals surface area contributed by atoms with Gasteiger partial charge in [0.1, 0.15) is 0 Å². The lowest BCUT2D eigenvalue weighted by molar-refractivity contribution is -0.192. The summed E-state index contributed by atoms with van der Waals surface area (Å²) in [6.45, 7) is 0.0388. The van der Waals surface area contributed by atoms with E-state index in [2.05, 4.69) is 15.6 Å². The van der Waals surface area contributed by atoms with Gasteiger partial charge in [-0.2, -0.15) is 39.5 Å². The van der Waals surface area contributed by atoms with Crippen molar-refractivity contribution < 1.29 is 54.2 Å². The number of nitrogens with one attached hydrogen (secondary N) is 2. The Morgan fingerprint density at radius 3 is 1.88 bits per heavy atom. The van der Waals surface area contributed by atoms with Crippen LogP contribution in [-0.2, 0) is 23.7 Å². The van der Waals surface area contributed by atoms with E-state index in [9.17, 15) is 44.3 Å². The molecule has 0 aliphatic rings. The third-order valence-electron chi connectivity index (χ3n) is 4.87. The van der Waals surface area contributed by atoms with Crippen molar-refractivity contribution in [3.63, 3.8) is 0 Å². The predicted octanol–water partition coefficient (Wildman–Crippen LogP) is 6.99. The zero-order valence-electron chi connectivity index (χ0n) is 19.6. The fourth-order valence-electron chi connectivity index (χ4n) is 3.03. The van der Waals surface area contributed by atoms with Gasteiger partial charge >= 0.3 is 30.5 Å². The van der Waals surface area contributed by atoms with Crippen molar-refractivity contribution in [3.05, 3.63) is 99.8 Å². The molecule has 0 saturated carbocycles. The first-order valence-electron chi connectivity index (χ1n) is 10.7. The fraction of sp³-hybridized carbons (Fsp3) is 0.208. The number of aliphatic carboxylic acids is 1. The number of carbonyl (C=O) groups is 2. The Morgan fingerprint density at radius 2 is 1.40 bits per heavy atom. The number of hydrogen-bond acceptors (Lipinski definition) is 3. The topological polar surface area (TPSA) is 91.3 Å². The van der Waals surface area contributed by atoms with E-state index in [4.69, 9.17) is 21.5 Å². The van der Waals surface area contributed by atoms with Gasteiger partial charge in [0.05, 0.1) is 22.9 Å². The second-order valence-corrected chi connectivity index (χ2v) is 8.18. The van der Waals surface area contributed by atoms with Crippen LogP contribution >= 0.6 is 11.6 Å². The van der Waals surface area contributed by atoms with Crippen LogP contribution in [0.1, 0.15) is 34.0 Å². The first-order valence-corrected chi connectivity index (χ1v) is 11.1. The van der Waals surface area contributed by atoms with Crippen molar-refractivity contribution in [1.82, 2.24) is 15.6 Å². The Kier molecular flexibility index (Phi) is 10.4. The van der Waals surface area contributed by atoms with Crippen LogP contribution < -0.4 is 10.6 Å². The first-order chi connectivity index (χ1) is 18.4. The number of halogens is 10. The lowest BCUT2D eigenvalue weighted by Crippen LogP contribution is -2.39. The van der Waals surface area contributed by atoms with Gasteiger partial charge in [-0.05, 0) is 47.5 Å². The van der Waals surface area contributed by atoms with Gasteiger partial charge in [-0.25, -0.2) is 9.59 Å².